The molecule has 0 spiro atoms. The van der Waals surface area contributed by atoms with Crippen molar-refractivity contribution < 1.29 is 0 Å². The Balaban J connectivity index is 2.05. The molecule has 0 aliphatic heterocycles. The monoisotopic (exact) mass is 643 g/mol. The average molecular weight is 644 g/mol. The molecular formula is C42H66N3P. The van der Waals surface area contributed by atoms with Crippen molar-refractivity contribution in [1.29, 1.82) is 0 Å². The molecule has 254 valence electrons. The summed E-state index contributed by atoms with van der Waals surface area (Å²) in [4.78, 5) is 7.71. The van der Waals surface area contributed by atoms with E-state index in [4.69, 9.17) is 0 Å². The molecule has 0 amide bonds. The molecule has 3 rings (SSSR count). The van der Waals surface area contributed by atoms with Crippen LogP contribution in [0, 0.1) is 35.5 Å². The van der Waals surface area contributed by atoms with Gasteiger partial charge in [-0.3, -0.25) is 0 Å². The van der Waals surface area contributed by atoms with E-state index in [0.717, 1.165) is 39.3 Å². The summed E-state index contributed by atoms with van der Waals surface area (Å²) >= 11 is 0. The number of rotatable bonds is 18. The van der Waals surface area contributed by atoms with Gasteiger partial charge in [0, 0.05) is 56.3 Å². The fourth-order valence-corrected chi connectivity index (χ4v) is 8.62. The van der Waals surface area contributed by atoms with E-state index in [1.807, 2.05) is 0 Å². The van der Waals surface area contributed by atoms with E-state index in [1.54, 1.807) is 0 Å². The SMILES string of the molecule is CC(C)CN(CC(C)C)c1ccc(P(c2ccc(N(CC(C)C)CC(C)C)cc2)c2ccc(N(CC(C)C)CC(C)C)cc2)cc1. The molecule has 0 aliphatic rings. The molecule has 0 saturated heterocycles. The van der Waals surface area contributed by atoms with Crippen LogP contribution in [0.1, 0.15) is 83.1 Å². The van der Waals surface area contributed by atoms with Crippen LogP contribution in [0.25, 0.3) is 0 Å². The Labute approximate surface area is 285 Å². The summed E-state index contributed by atoms with van der Waals surface area (Å²) in [6.45, 7) is 34.4. The highest BCUT2D eigenvalue weighted by atomic mass is 31.1. The van der Waals surface area contributed by atoms with E-state index in [1.165, 1.54) is 33.0 Å². The largest absolute Gasteiger partial charge is 0.371 e. The van der Waals surface area contributed by atoms with Crippen molar-refractivity contribution >= 4 is 40.9 Å². The van der Waals surface area contributed by atoms with Crippen molar-refractivity contribution in [2.24, 2.45) is 35.5 Å². The quantitative estimate of drug-likeness (QED) is 0.128. The van der Waals surface area contributed by atoms with Gasteiger partial charge in [-0.25, -0.2) is 0 Å². The number of benzene rings is 3. The number of nitrogens with zero attached hydrogens (tertiary/aromatic N) is 3. The molecule has 0 aliphatic carbocycles. The van der Waals surface area contributed by atoms with Crippen LogP contribution in [-0.4, -0.2) is 39.3 Å². The second-order valence-electron chi connectivity index (χ2n) is 16.0. The van der Waals surface area contributed by atoms with Crippen molar-refractivity contribution in [1.82, 2.24) is 0 Å². The Kier molecular flexibility index (Phi) is 15.0. The third-order valence-electron chi connectivity index (χ3n) is 7.93. The van der Waals surface area contributed by atoms with E-state index in [-0.39, 0.29) is 0 Å². The minimum absolute atomic E-state index is 0.629. The maximum atomic E-state index is 2.57. The predicted octanol–water partition coefficient (Wildman–Crippen LogP) is 9.80. The highest BCUT2D eigenvalue weighted by Crippen LogP contribution is 2.35. The first-order valence-electron chi connectivity index (χ1n) is 18.1. The highest BCUT2D eigenvalue weighted by molar-refractivity contribution is 7.79. The highest BCUT2D eigenvalue weighted by Gasteiger charge is 2.20. The molecule has 0 N–H and O–H groups in total. The van der Waals surface area contributed by atoms with Crippen LogP contribution in [0.2, 0.25) is 0 Å². The molecule has 0 radical (unpaired) electrons. The van der Waals surface area contributed by atoms with E-state index in [0.29, 0.717) is 35.5 Å². The second-order valence-corrected chi connectivity index (χ2v) is 18.2. The zero-order valence-corrected chi connectivity index (χ0v) is 32.3. The lowest BCUT2D eigenvalue weighted by atomic mass is 10.1. The fourth-order valence-electron chi connectivity index (χ4n) is 6.39. The Hall–Kier alpha value is -2.51. The lowest BCUT2D eigenvalue weighted by molar-refractivity contribution is 0.552. The van der Waals surface area contributed by atoms with Crippen molar-refractivity contribution in [3.8, 4) is 0 Å². The minimum atomic E-state index is -0.697. The van der Waals surface area contributed by atoms with Crippen molar-refractivity contribution in [2.75, 3.05) is 54.0 Å². The lowest BCUT2D eigenvalue weighted by Crippen LogP contribution is -2.32. The van der Waals surface area contributed by atoms with Gasteiger partial charge in [-0.2, -0.15) is 0 Å². The second kappa shape index (κ2) is 18.1. The molecule has 3 aromatic rings. The van der Waals surface area contributed by atoms with Gasteiger partial charge in [0.2, 0.25) is 0 Å². The molecule has 3 aromatic carbocycles. The van der Waals surface area contributed by atoms with Crippen LogP contribution in [-0.2, 0) is 0 Å². The zero-order chi connectivity index (χ0) is 34.0. The summed E-state index contributed by atoms with van der Waals surface area (Å²) in [7, 11) is -0.697. The van der Waals surface area contributed by atoms with Gasteiger partial charge in [-0.1, -0.05) is 119 Å². The van der Waals surface area contributed by atoms with Gasteiger partial charge in [-0.05, 0) is 95.7 Å². The maximum Gasteiger partial charge on any atom is 0.0366 e. The molecule has 0 unspecified atom stereocenters. The summed E-state index contributed by atoms with van der Waals surface area (Å²) in [5.74, 6) is 3.77. The Morgan fingerprint density at radius 1 is 0.326 bits per heavy atom. The molecule has 0 heterocycles. The van der Waals surface area contributed by atoms with Gasteiger partial charge in [-0.15, -0.1) is 0 Å². The minimum Gasteiger partial charge on any atom is -0.371 e. The first-order chi connectivity index (χ1) is 21.7. The summed E-state index contributed by atoms with van der Waals surface area (Å²) in [6.07, 6.45) is 0. The molecule has 0 saturated carbocycles. The lowest BCUT2D eigenvalue weighted by Gasteiger charge is -2.30. The Morgan fingerprint density at radius 3 is 0.652 bits per heavy atom. The van der Waals surface area contributed by atoms with Crippen LogP contribution in [0.15, 0.2) is 72.8 Å². The smallest absolute Gasteiger partial charge is 0.0366 e. The summed E-state index contributed by atoms with van der Waals surface area (Å²) < 4.78 is 0. The fraction of sp³-hybridized carbons (Fsp3) is 0.571. The van der Waals surface area contributed by atoms with Crippen molar-refractivity contribution in [3.63, 3.8) is 0 Å². The van der Waals surface area contributed by atoms with Crippen LogP contribution in [0.4, 0.5) is 17.1 Å². The summed E-state index contributed by atoms with van der Waals surface area (Å²) in [5.41, 5.74) is 4.01. The van der Waals surface area contributed by atoms with E-state index < -0.39 is 7.92 Å². The Bertz CT molecular complexity index is 1070. The molecule has 0 fully saturated rings. The zero-order valence-electron chi connectivity index (χ0n) is 31.4. The number of anilines is 3. The van der Waals surface area contributed by atoms with Gasteiger partial charge in [0.25, 0.3) is 0 Å². The summed E-state index contributed by atoms with van der Waals surface area (Å²) in [6, 6.07) is 28.7. The summed E-state index contributed by atoms with van der Waals surface area (Å²) in [5, 5.41) is 4.24. The van der Waals surface area contributed by atoms with Crippen LogP contribution >= 0.6 is 7.92 Å². The van der Waals surface area contributed by atoms with E-state index in [2.05, 4.69) is 171 Å². The topological polar surface area (TPSA) is 9.72 Å². The van der Waals surface area contributed by atoms with Crippen molar-refractivity contribution in [3.05, 3.63) is 72.8 Å². The first-order valence-corrected chi connectivity index (χ1v) is 19.4. The van der Waals surface area contributed by atoms with Gasteiger partial charge >= 0.3 is 0 Å². The first kappa shape index (κ1) is 37.9. The molecule has 46 heavy (non-hydrogen) atoms. The molecule has 0 atom stereocenters. The maximum absolute atomic E-state index is 2.57. The van der Waals surface area contributed by atoms with Gasteiger partial charge in [0.05, 0.1) is 0 Å². The Morgan fingerprint density at radius 2 is 0.500 bits per heavy atom. The van der Waals surface area contributed by atoms with Crippen LogP contribution in [0.3, 0.4) is 0 Å². The van der Waals surface area contributed by atoms with Crippen LogP contribution < -0.4 is 30.6 Å². The third kappa shape index (κ3) is 11.9. The average Bonchev–Trinajstić information content (AvgIpc) is 2.96. The van der Waals surface area contributed by atoms with E-state index >= 15 is 0 Å². The van der Waals surface area contributed by atoms with E-state index in [9.17, 15) is 0 Å². The van der Waals surface area contributed by atoms with Crippen LogP contribution in [0.5, 0.6) is 0 Å². The molecule has 4 heteroatoms. The standard InChI is InChI=1S/C42H66N3P/c1-31(2)25-43(26-32(3)4)37-13-19-40(20-14-37)46(41-21-15-38(16-22-41)44(27-33(5)6)28-34(7)8)42-23-17-39(18-24-42)45(29-35(9)10)30-36(11)12/h13-24,31-36H,25-30H2,1-12H3. The molecule has 0 aromatic heterocycles. The third-order valence-corrected chi connectivity index (χ3v) is 10.4. The molecule has 0 bridgehead atoms. The molecule has 3 nitrogen and oxygen atoms in total. The normalized spacial score (nSPS) is 12.1. The van der Waals surface area contributed by atoms with Gasteiger partial charge < -0.3 is 14.7 Å². The number of hydrogen-bond acceptors (Lipinski definition) is 3. The van der Waals surface area contributed by atoms with Crippen molar-refractivity contribution in [2.45, 2.75) is 83.1 Å². The van der Waals surface area contributed by atoms with Gasteiger partial charge in [0.15, 0.2) is 0 Å². The van der Waals surface area contributed by atoms with Gasteiger partial charge in [0.1, 0.15) is 0 Å². The molecular weight excluding hydrogens is 577 g/mol. The number of hydrogen-bond donors (Lipinski definition) is 0. The predicted molar refractivity (Wildman–Crippen MR) is 211 cm³/mol.